The first kappa shape index (κ1) is 5.67. The molecule has 0 aromatic heterocycles. The largest absolute Gasteiger partial charge is 0.0467 e. The van der Waals surface area contributed by atoms with E-state index in [9.17, 15) is 0 Å². The fourth-order valence-electron chi connectivity index (χ4n) is 4.82. The minimum atomic E-state index is 0.991. The Balaban J connectivity index is 1.41. The summed E-state index contributed by atoms with van der Waals surface area (Å²) in [5.74, 6) is 4.94. The van der Waals surface area contributed by atoms with Gasteiger partial charge in [0.1, 0.15) is 0 Å². The van der Waals surface area contributed by atoms with Gasteiger partial charge in [-0.25, -0.2) is 0 Å². The van der Waals surface area contributed by atoms with Crippen LogP contribution < -0.4 is 0 Å². The Hall–Kier alpha value is 0. The first-order chi connectivity index (χ1) is 5.82. The zero-order valence-electron chi connectivity index (χ0n) is 7.55. The zero-order valence-corrected chi connectivity index (χ0v) is 7.55. The first-order valence-electron chi connectivity index (χ1n) is 5.82. The summed E-state index contributed by atoms with van der Waals surface area (Å²) in [4.78, 5) is 0. The van der Waals surface area contributed by atoms with Gasteiger partial charge in [-0.15, -0.1) is 0 Å². The SMILES string of the molecule is C1C(CC23CC2C3)C2CC23CC13. The van der Waals surface area contributed by atoms with E-state index in [-0.39, 0.29) is 0 Å². The monoisotopic (exact) mass is 160 g/mol. The van der Waals surface area contributed by atoms with Crippen LogP contribution in [0.25, 0.3) is 0 Å². The van der Waals surface area contributed by atoms with Gasteiger partial charge in [-0.3, -0.25) is 0 Å². The third-order valence-electron chi connectivity index (χ3n) is 6.13. The summed E-state index contributed by atoms with van der Waals surface area (Å²) in [6, 6.07) is 0. The Morgan fingerprint density at radius 3 is 2.33 bits per heavy atom. The van der Waals surface area contributed by atoms with Crippen molar-refractivity contribution in [3.05, 3.63) is 0 Å². The van der Waals surface area contributed by atoms with Crippen LogP contribution in [-0.2, 0) is 0 Å². The normalized spacial score (nSPS) is 79.0. The lowest BCUT2D eigenvalue weighted by atomic mass is 9.91. The van der Waals surface area contributed by atoms with Gasteiger partial charge < -0.3 is 0 Å². The van der Waals surface area contributed by atoms with Crippen molar-refractivity contribution in [2.24, 2.45) is 34.5 Å². The fourth-order valence-corrected chi connectivity index (χ4v) is 4.82. The highest BCUT2D eigenvalue weighted by atomic mass is 14.8. The number of hydrogen-bond acceptors (Lipinski definition) is 0. The van der Waals surface area contributed by atoms with Crippen molar-refractivity contribution in [3.8, 4) is 0 Å². The Kier molecular flexibility index (Phi) is 0.578. The molecule has 12 heavy (non-hydrogen) atoms. The molecule has 64 valence electrons. The second kappa shape index (κ2) is 1.22. The maximum Gasteiger partial charge on any atom is -0.0232 e. The van der Waals surface area contributed by atoms with Crippen LogP contribution in [0.4, 0.5) is 0 Å². The lowest BCUT2D eigenvalue weighted by Gasteiger charge is -2.14. The second-order valence-electron chi connectivity index (χ2n) is 6.61. The van der Waals surface area contributed by atoms with Crippen LogP contribution in [0.15, 0.2) is 0 Å². The maximum atomic E-state index is 1.67. The van der Waals surface area contributed by atoms with Gasteiger partial charge in [0.25, 0.3) is 0 Å². The minimum absolute atomic E-state index is 0.991. The molecule has 4 atom stereocenters. The molecule has 0 N–H and O–H groups in total. The van der Waals surface area contributed by atoms with Crippen LogP contribution in [-0.4, -0.2) is 0 Å². The van der Waals surface area contributed by atoms with E-state index < -0.39 is 0 Å². The van der Waals surface area contributed by atoms with Crippen molar-refractivity contribution in [2.75, 3.05) is 0 Å². The summed E-state index contributed by atoms with van der Waals surface area (Å²) >= 11 is 0. The number of fused-ring (bicyclic) bond motifs is 1. The highest BCUT2D eigenvalue weighted by molar-refractivity contribution is 5.28. The summed E-state index contributed by atoms with van der Waals surface area (Å²) in [7, 11) is 0. The molecule has 5 aliphatic rings. The molecule has 0 saturated heterocycles. The molecule has 1 spiro atoms. The van der Waals surface area contributed by atoms with E-state index in [4.69, 9.17) is 0 Å². The Morgan fingerprint density at radius 1 is 1.00 bits per heavy atom. The van der Waals surface area contributed by atoms with E-state index in [2.05, 4.69) is 0 Å². The van der Waals surface area contributed by atoms with Gasteiger partial charge in [0, 0.05) is 0 Å². The molecule has 0 aromatic rings. The van der Waals surface area contributed by atoms with E-state index in [0.717, 1.165) is 10.8 Å². The van der Waals surface area contributed by atoms with Crippen molar-refractivity contribution in [1.82, 2.24) is 0 Å². The van der Waals surface area contributed by atoms with Crippen molar-refractivity contribution < 1.29 is 0 Å². The minimum Gasteiger partial charge on any atom is -0.0467 e. The quantitative estimate of drug-likeness (QED) is 0.582. The standard InChI is InChI=1S/C12H16/c1-7(2-11-3-9(11)4-11)10-6-12(10)5-8(1)12/h7-10H,1-6H2. The molecule has 0 heterocycles. The van der Waals surface area contributed by atoms with Crippen LogP contribution in [0.3, 0.4) is 0 Å². The van der Waals surface area contributed by atoms with Crippen molar-refractivity contribution in [2.45, 2.75) is 38.5 Å². The van der Waals surface area contributed by atoms with Gasteiger partial charge in [0.15, 0.2) is 0 Å². The molecular weight excluding hydrogens is 144 g/mol. The third-order valence-corrected chi connectivity index (χ3v) is 6.13. The average Bonchev–Trinajstić information content (AvgIpc) is 2.81. The van der Waals surface area contributed by atoms with Crippen molar-refractivity contribution in [3.63, 3.8) is 0 Å². The lowest BCUT2D eigenvalue weighted by molar-refractivity contribution is 0.356. The van der Waals surface area contributed by atoms with Gasteiger partial charge in [0.05, 0.1) is 0 Å². The van der Waals surface area contributed by atoms with E-state index in [1.165, 1.54) is 23.7 Å². The summed E-state index contributed by atoms with van der Waals surface area (Å²) in [5.41, 5.74) is 2.01. The van der Waals surface area contributed by atoms with Crippen LogP contribution in [0, 0.1) is 34.5 Å². The summed E-state index contributed by atoms with van der Waals surface area (Å²) in [6.45, 7) is 0. The maximum absolute atomic E-state index is 1.67. The summed E-state index contributed by atoms with van der Waals surface area (Å²) in [6.07, 6.45) is 9.88. The second-order valence-corrected chi connectivity index (χ2v) is 6.61. The molecule has 5 fully saturated rings. The molecule has 0 nitrogen and oxygen atoms in total. The molecular formula is C12H16. The van der Waals surface area contributed by atoms with Gasteiger partial charge in [-0.05, 0) is 73.0 Å². The molecule has 0 heteroatoms. The molecule has 0 aliphatic heterocycles. The van der Waals surface area contributed by atoms with Crippen molar-refractivity contribution >= 4 is 0 Å². The lowest BCUT2D eigenvalue weighted by Crippen LogP contribution is -2.05. The molecule has 5 rings (SSSR count). The van der Waals surface area contributed by atoms with E-state index in [1.54, 1.807) is 38.5 Å². The van der Waals surface area contributed by atoms with Gasteiger partial charge >= 0.3 is 0 Å². The molecule has 0 amide bonds. The molecule has 0 bridgehead atoms. The highest BCUT2D eigenvalue weighted by Crippen LogP contribution is 2.87. The Bertz CT molecular complexity index is 286. The first-order valence-corrected chi connectivity index (χ1v) is 5.82. The summed E-state index contributed by atoms with van der Waals surface area (Å²) in [5, 5.41) is 0. The van der Waals surface area contributed by atoms with Gasteiger partial charge in [-0.1, -0.05) is 0 Å². The fraction of sp³-hybridized carbons (Fsp3) is 1.00. The molecule has 0 aromatic carbocycles. The van der Waals surface area contributed by atoms with Gasteiger partial charge in [-0.2, -0.15) is 0 Å². The van der Waals surface area contributed by atoms with E-state index >= 15 is 0 Å². The predicted octanol–water partition coefficient (Wildman–Crippen LogP) is 2.83. The molecule has 5 aliphatic carbocycles. The molecule has 5 saturated carbocycles. The Labute approximate surface area is 73.7 Å². The van der Waals surface area contributed by atoms with Gasteiger partial charge in [0.2, 0.25) is 0 Å². The smallest absolute Gasteiger partial charge is 0.0232 e. The number of hydrogen-bond donors (Lipinski definition) is 0. The zero-order chi connectivity index (χ0) is 7.55. The van der Waals surface area contributed by atoms with Crippen LogP contribution >= 0.6 is 0 Å². The van der Waals surface area contributed by atoms with Crippen molar-refractivity contribution in [1.29, 1.82) is 0 Å². The topological polar surface area (TPSA) is 0 Å². The van der Waals surface area contributed by atoms with Crippen LogP contribution in [0.2, 0.25) is 0 Å². The predicted molar refractivity (Wildman–Crippen MR) is 46.5 cm³/mol. The molecule has 0 radical (unpaired) electrons. The highest BCUT2D eigenvalue weighted by Gasteiger charge is 2.79. The number of rotatable bonds is 2. The van der Waals surface area contributed by atoms with E-state index in [0.29, 0.717) is 0 Å². The van der Waals surface area contributed by atoms with Crippen LogP contribution in [0.5, 0.6) is 0 Å². The van der Waals surface area contributed by atoms with Crippen LogP contribution in [0.1, 0.15) is 38.5 Å². The average molecular weight is 160 g/mol. The van der Waals surface area contributed by atoms with E-state index in [1.807, 2.05) is 0 Å². The molecule has 4 unspecified atom stereocenters. The Morgan fingerprint density at radius 2 is 1.83 bits per heavy atom. The third kappa shape index (κ3) is 0.438. The summed E-state index contributed by atoms with van der Waals surface area (Å²) < 4.78 is 0.